The summed E-state index contributed by atoms with van der Waals surface area (Å²) in [4.78, 5) is 80.3. The Kier molecular flexibility index (Phi) is 12.4. The van der Waals surface area contributed by atoms with Crippen LogP contribution in [-0.2, 0) is 28.7 Å². The molecule has 12 heteroatoms. The van der Waals surface area contributed by atoms with Gasteiger partial charge in [-0.2, -0.15) is 0 Å². The molecule has 0 aromatic heterocycles. The number of carbonyl (C=O) groups is 6. The second-order valence-corrected chi connectivity index (χ2v) is 14.5. The normalized spacial score (nSPS) is 23.6. The first-order valence-electron chi connectivity index (χ1n) is 16.8. The molecule has 5 atom stereocenters. The minimum absolute atomic E-state index is 0.00294. The van der Waals surface area contributed by atoms with E-state index >= 15 is 0 Å². The van der Waals surface area contributed by atoms with Crippen LogP contribution in [0.5, 0.6) is 0 Å². The monoisotopic (exact) mass is 633 g/mol. The van der Waals surface area contributed by atoms with Gasteiger partial charge in [0, 0.05) is 26.1 Å². The number of hydrogen-bond donors (Lipinski definition) is 4. The largest absolute Gasteiger partial charge is 0.444 e. The van der Waals surface area contributed by atoms with Crippen molar-refractivity contribution in [3.63, 3.8) is 0 Å². The Morgan fingerprint density at radius 3 is 2.18 bits per heavy atom. The third-order valence-corrected chi connectivity index (χ3v) is 9.46. The van der Waals surface area contributed by atoms with Crippen LogP contribution in [0, 0.1) is 23.2 Å². The molecule has 254 valence electrons. The summed E-state index contributed by atoms with van der Waals surface area (Å²) < 4.78 is 5.50. The van der Waals surface area contributed by atoms with Crippen molar-refractivity contribution in [2.45, 2.75) is 130 Å². The SMILES string of the molecule is CCCNC(=O)CCNC(=O)C(=O)C(CCC)NC(=O)[C@@H]1[C@@H]2[C@H](CN1C(=O)C(NC(=O)OC(C)(C)C)C1CCCCC1)C2(C)C. The lowest BCUT2D eigenvalue weighted by Gasteiger charge is -2.37. The third-order valence-electron chi connectivity index (χ3n) is 9.46. The first-order valence-corrected chi connectivity index (χ1v) is 16.8. The number of carbonyl (C=O) groups excluding carboxylic acids is 6. The molecular weight excluding hydrogens is 578 g/mol. The summed E-state index contributed by atoms with van der Waals surface area (Å²) in [5.41, 5.74) is -0.905. The maximum atomic E-state index is 14.2. The van der Waals surface area contributed by atoms with Gasteiger partial charge in [0.05, 0.1) is 6.04 Å². The average molecular weight is 634 g/mol. The molecule has 3 rings (SSSR count). The van der Waals surface area contributed by atoms with Gasteiger partial charge in [0.1, 0.15) is 17.7 Å². The van der Waals surface area contributed by atoms with Crippen molar-refractivity contribution in [1.29, 1.82) is 0 Å². The molecular formula is C33H55N5O7. The van der Waals surface area contributed by atoms with Gasteiger partial charge in [0.2, 0.25) is 23.5 Å². The van der Waals surface area contributed by atoms with Crippen LogP contribution in [0.2, 0.25) is 0 Å². The summed E-state index contributed by atoms with van der Waals surface area (Å²) >= 11 is 0. The van der Waals surface area contributed by atoms with Gasteiger partial charge in [0.15, 0.2) is 0 Å². The van der Waals surface area contributed by atoms with E-state index in [4.69, 9.17) is 4.74 Å². The number of ketones is 1. The highest BCUT2D eigenvalue weighted by Crippen LogP contribution is 2.65. The topological polar surface area (TPSA) is 163 Å². The molecule has 45 heavy (non-hydrogen) atoms. The first kappa shape index (κ1) is 36.3. The molecule has 0 aromatic carbocycles. The molecule has 5 amide bonds. The van der Waals surface area contributed by atoms with Crippen LogP contribution in [-0.4, -0.2) is 83.8 Å². The number of fused-ring (bicyclic) bond motifs is 1. The van der Waals surface area contributed by atoms with Crippen molar-refractivity contribution < 1.29 is 33.5 Å². The van der Waals surface area contributed by atoms with Crippen LogP contribution in [0.1, 0.15) is 106 Å². The summed E-state index contributed by atoms with van der Waals surface area (Å²) in [5.74, 6) is -2.73. The fourth-order valence-corrected chi connectivity index (χ4v) is 6.98. The van der Waals surface area contributed by atoms with Crippen LogP contribution in [0.4, 0.5) is 4.79 Å². The standard InChI is InChI=1S/C33H55N5O7/c1-8-13-22(27(40)29(42)35-18-16-23(39)34-17-9-2)36-28(41)26-24-21(33(24,6)7)19-38(26)30(43)25(20-14-11-10-12-15-20)37-31(44)45-32(3,4)5/h20-22,24-26H,8-19H2,1-7H3,(H,34,39)(H,35,42)(H,36,41)(H,37,44)/t21-,22?,24-,25?,26-/m0/s1. The predicted octanol–water partition coefficient (Wildman–Crippen LogP) is 2.83. The quantitative estimate of drug-likeness (QED) is 0.214. The number of rotatable bonds is 14. The summed E-state index contributed by atoms with van der Waals surface area (Å²) in [6, 6.07) is -2.73. The molecule has 1 heterocycles. The molecule has 12 nitrogen and oxygen atoms in total. The molecule has 1 saturated heterocycles. The molecule has 2 unspecified atom stereocenters. The molecule has 2 aliphatic carbocycles. The van der Waals surface area contributed by atoms with E-state index in [0.29, 0.717) is 19.5 Å². The van der Waals surface area contributed by atoms with E-state index in [9.17, 15) is 28.8 Å². The maximum Gasteiger partial charge on any atom is 0.408 e. The van der Waals surface area contributed by atoms with Crippen molar-refractivity contribution in [2.24, 2.45) is 23.2 Å². The van der Waals surface area contributed by atoms with Gasteiger partial charge in [-0.3, -0.25) is 24.0 Å². The smallest absolute Gasteiger partial charge is 0.408 e. The minimum Gasteiger partial charge on any atom is -0.444 e. The molecule has 3 aliphatic rings. The van der Waals surface area contributed by atoms with E-state index in [2.05, 4.69) is 35.1 Å². The van der Waals surface area contributed by atoms with E-state index < -0.39 is 47.4 Å². The first-order chi connectivity index (χ1) is 21.1. The maximum absolute atomic E-state index is 14.2. The predicted molar refractivity (Wildman–Crippen MR) is 169 cm³/mol. The second kappa shape index (κ2) is 15.4. The lowest BCUT2D eigenvalue weighted by molar-refractivity contribution is -0.145. The van der Waals surface area contributed by atoms with E-state index in [-0.39, 0.29) is 54.4 Å². The Hall–Kier alpha value is -3.18. The van der Waals surface area contributed by atoms with E-state index in [1.165, 1.54) is 0 Å². The molecule has 0 radical (unpaired) electrons. The summed E-state index contributed by atoms with van der Waals surface area (Å²) in [6.45, 7) is 14.1. The number of likely N-dealkylation sites (tertiary alicyclic amines) is 1. The van der Waals surface area contributed by atoms with Gasteiger partial charge in [-0.15, -0.1) is 0 Å². The lowest BCUT2D eigenvalue weighted by Crippen LogP contribution is -2.59. The molecule has 3 fully saturated rings. The Morgan fingerprint density at radius 1 is 0.911 bits per heavy atom. The fourth-order valence-electron chi connectivity index (χ4n) is 6.98. The van der Waals surface area contributed by atoms with Gasteiger partial charge in [-0.25, -0.2) is 4.79 Å². The second-order valence-electron chi connectivity index (χ2n) is 14.5. The summed E-state index contributed by atoms with van der Waals surface area (Å²) in [7, 11) is 0. The van der Waals surface area contributed by atoms with Crippen molar-refractivity contribution in [3.8, 4) is 0 Å². The molecule has 1 aliphatic heterocycles. The number of nitrogens with one attached hydrogen (secondary N) is 4. The van der Waals surface area contributed by atoms with Gasteiger partial charge in [-0.05, 0) is 69.6 Å². The van der Waals surface area contributed by atoms with Crippen molar-refractivity contribution in [3.05, 3.63) is 0 Å². The van der Waals surface area contributed by atoms with Crippen LogP contribution in [0.25, 0.3) is 0 Å². The van der Waals surface area contributed by atoms with Gasteiger partial charge in [-0.1, -0.05) is 53.4 Å². The van der Waals surface area contributed by atoms with Gasteiger partial charge < -0.3 is 30.9 Å². The zero-order valence-electron chi connectivity index (χ0n) is 28.3. The highest BCUT2D eigenvalue weighted by Gasteiger charge is 2.69. The van der Waals surface area contributed by atoms with Crippen LogP contribution in [0.3, 0.4) is 0 Å². The van der Waals surface area contributed by atoms with Crippen molar-refractivity contribution >= 4 is 35.5 Å². The zero-order valence-corrected chi connectivity index (χ0v) is 28.3. The summed E-state index contributed by atoms with van der Waals surface area (Å²) in [6.07, 6.45) is 5.52. The highest BCUT2D eigenvalue weighted by molar-refractivity contribution is 6.38. The van der Waals surface area contributed by atoms with E-state index in [1.807, 2.05) is 13.8 Å². The molecule has 0 bridgehead atoms. The number of nitrogens with zero attached hydrogens (tertiary/aromatic N) is 1. The minimum atomic E-state index is -1.07. The Balaban J connectivity index is 1.75. The lowest BCUT2D eigenvalue weighted by atomic mass is 9.83. The van der Waals surface area contributed by atoms with E-state index in [1.54, 1.807) is 25.7 Å². The average Bonchev–Trinajstić information content (AvgIpc) is 3.28. The van der Waals surface area contributed by atoms with Crippen molar-refractivity contribution in [2.75, 3.05) is 19.6 Å². The van der Waals surface area contributed by atoms with Gasteiger partial charge >= 0.3 is 6.09 Å². The van der Waals surface area contributed by atoms with Gasteiger partial charge in [0.25, 0.3) is 5.91 Å². The van der Waals surface area contributed by atoms with Crippen LogP contribution in [0.15, 0.2) is 0 Å². The fraction of sp³-hybridized carbons (Fsp3) is 0.818. The van der Waals surface area contributed by atoms with E-state index in [0.717, 1.165) is 38.5 Å². The van der Waals surface area contributed by atoms with Crippen LogP contribution >= 0.6 is 0 Å². The zero-order chi connectivity index (χ0) is 33.5. The number of Topliss-reactive ketones (excluding diaryl/α,β-unsaturated/α-hetero) is 1. The number of piperidine rings is 1. The number of ether oxygens (including phenoxy) is 1. The number of alkyl carbamates (subject to hydrolysis) is 1. The molecule has 0 spiro atoms. The third kappa shape index (κ3) is 9.42. The Labute approximate surface area is 267 Å². The molecule has 0 aromatic rings. The Bertz CT molecular complexity index is 1110. The molecule has 2 saturated carbocycles. The highest BCUT2D eigenvalue weighted by atomic mass is 16.6. The van der Waals surface area contributed by atoms with Crippen molar-refractivity contribution in [1.82, 2.24) is 26.2 Å². The molecule has 4 N–H and O–H groups in total. The number of hydrogen-bond acceptors (Lipinski definition) is 7. The number of amides is 5. The van der Waals surface area contributed by atoms with Crippen LogP contribution < -0.4 is 21.3 Å². The summed E-state index contributed by atoms with van der Waals surface area (Å²) in [5, 5.41) is 10.9. The Morgan fingerprint density at radius 2 is 1.58 bits per heavy atom.